The molecule has 0 saturated carbocycles. The monoisotopic (exact) mass is 215 g/mol. The van der Waals surface area contributed by atoms with E-state index in [9.17, 15) is 4.79 Å². The molecule has 1 amide bonds. The summed E-state index contributed by atoms with van der Waals surface area (Å²) in [7, 11) is 0. The van der Waals surface area contributed by atoms with Crippen LogP contribution in [0.25, 0.3) is 10.9 Å². The smallest absolute Gasteiger partial charge is 0.270 e. The topological polar surface area (TPSA) is 74.6 Å². The number of pyridine rings is 1. The predicted molar refractivity (Wildman–Crippen MR) is 60.7 cm³/mol. The number of fused-ring (bicyclic) bond motifs is 1. The van der Waals surface area contributed by atoms with Gasteiger partial charge in [0, 0.05) is 17.3 Å². The standard InChI is InChI=1S/C11H9N3O2/c15-11(7-13-16)14-9-3-4-10-8(6-9)2-1-5-12-10/h1-7,16H,(H,14,15). The van der Waals surface area contributed by atoms with E-state index in [0.717, 1.165) is 17.1 Å². The highest BCUT2D eigenvalue weighted by molar-refractivity contribution is 6.31. The van der Waals surface area contributed by atoms with Crippen LogP contribution < -0.4 is 5.32 Å². The minimum absolute atomic E-state index is 0.481. The molecule has 5 heteroatoms. The second-order valence-corrected chi connectivity index (χ2v) is 3.14. The number of aromatic nitrogens is 1. The van der Waals surface area contributed by atoms with Crippen molar-refractivity contribution in [2.24, 2.45) is 5.16 Å². The summed E-state index contributed by atoms with van der Waals surface area (Å²) < 4.78 is 0. The van der Waals surface area contributed by atoms with Gasteiger partial charge in [0.2, 0.25) is 0 Å². The minimum Gasteiger partial charge on any atom is -0.411 e. The van der Waals surface area contributed by atoms with Gasteiger partial charge in [0.25, 0.3) is 5.91 Å². The summed E-state index contributed by atoms with van der Waals surface area (Å²) in [4.78, 5) is 15.3. The first-order chi connectivity index (χ1) is 7.79. The number of nitrogens with one attached hydrogen (secondary N) is 1. The molecule has 2 rings (SSSR count). The van der Waals surface area contributed by atoms with E-state index < -0.39 is 5.91 Å². The van der Waals surface area contributed by atoms with Crippen LogP contribution in [-0.2, 0) is 4.79 Å². The summed E-state index contributed by atoms with van der Waals surface area (Å²) in [6.07, 6.45) is 2.51. The zero-order chi connectivity index (χ0) is 11.4. The van der Waals surface area contributed by atoms with Gasteiger partial charge < -0.3 is 10.5 Å². The molecule has 0 bridgehead atoms. The Morgan fingerprint density at radius 2 is 2.31 bits per heavy atom. The lowest BCUT2D eigenvalue weighted by Crippen LogP contribution is -2.12. The molecule has 1 heterocycles. The Bertz CT molecular complexity index is 552. The number of anilines is 1. The van der Waals surface area contributed by atoms with Crippen molar-refractivity contribution < 1.29 is 10.0 Å². The molecule has 0 atom stereocenters. The Balaban J connectivity index is 2.29. The van der Waals surface area contributed by atoms with Crippen molar-refractivity contribution in [1.29, 1.82) is 0 Å². The van der Waals surface area contributed by atoms with E-state index in [0.29, 0.717) is 5.69 Å². The van der Waals surface area contributed by atoms with E-state index in [-0.39, 0.29) is 0 Å². The SMILES string of the molecule is O=C(C=NO)Nc1ccc2ncccc2c1. The van der Waals surface area contributed by atoms with Crippen molar-refractivity contribution >= 4 is 28.7 Å². The highest BCUT2D eigenvalue weighted by Crippen LogP contribution is 2.16. The normalized spacial score (nSPS) is 10.8. The third-order valence-corrected chi connectivity index (χ3v) is 2.05. The molecule has 0 radical (unpaired) electrons. The molecular weight excluding hydrogens is 206 g/mol. The van der Waals surface area contributed by atoms with Crippen molar-refractivity contribution in [3.8, 4) is 0 Å². The molecule has 2 N–H and O–H groups in total. The van der Waals surface area contributed by atoms with Crippen LogP contribution in [0.3, 0.4) is 0 Å². The van der Waals surface area contributed by atoms with Crippen LogP contribution in [0.4, 0.5) is 5.69 Å². The van der Waals surface area contributed by atoms with Crippen molar-refractivity contribution in [2.75, 3.05) is 5.32 Å². The molecule has 16 heavy (non-hydrogen) atoms. The van der Waals surface area contributed by atoms with Crippen molar-refractivity contribution in [1.82, 2.24) is 4.98 Å². The molecule has 1 aromatic carbocycles. The average molecular weight is 215 g/mol. The molecule has 0 unspecified atom stereocenters. The number of hydrogen-bond acceptors (Lipinski definition) is 4. The number of amides is 1. The van der Waals surface area contributed by atoms with Crippen molar-refractivity contribution in [3.05, 3.63) is 36.5 Å². The minimum atomic E-state index is -0.481. The van der Waals surface area contributed by atoms with Crippen LogP contribution in [-0.4, -0.2) is 22.3 Å². The van der Waals surface area contributed by atoms with Gasteiger partial charge in [0.15, 0.2) is 0 Å². The fraction of sp³-hybridized carbons (Fsp3) is 0. The number of oxime groups is 1. The predicted octanol–water partition coefficient (Wildman–Crippen LogP) is 1.63. The molecule has 0 aliphatic carbocycles. The van der Waals surface area contributed by atoms with Gasteiger partial charge in [-0.1, -0.05) is 11.2 Å². The fourth-order valence-electron chi connectivity index (χ4n) is 1.38. The molecular formula is C11H9N3O2. The van der Waals surface area contributed by atoms with Gasteiger partial charge in [0.1, 0.15) is 6.21 Å². The maximum Gasteiger partial charge on any atom is 0.270 e. The Hall–Kier alpha value is -2.43. The van der Waals surface area contributed by atoms with Gasteiger partial charge in [-0.25, -0.2) is 0 Å². The van der Waals surface area contributed by atoms with E-state index in [1.54, 1.807) is 24.4 Å². The van der Waals surface area contributed by atoms with Crippen molar-refractivity contribution in [2.45, 2.75) is 0 Å². The van der Waals surface area contributed by atoms with Crippen LogP contribution in [0, 0.1) is 0 Å². The van der Waals surface area contributed by atoms with Gasteiger partial charge in [-0.15, -0.1) is 0 Å². The number of carbonyl (C=O) groups excluding carboxylic acids is 1. The highest BCUT2D eigenvalue weighted by Gasteiger charge is 2.00. The summed E-state index contributed by atoms with van der Waals surface area (Å²) >= 11 is 0. The van der Waals surface area contributed by atoms with E-state index in [2.05, 4.69) is 15.5 Å². The maximum absolute atomic E-state index is 11.1. The molecule has 0 spiro atoms. The van der Waals surface area contributed by atoms with E-state index in [4.69, 9.17) is 5.21 Å². The number of hydrogen-bond donors (Lipinski definition) is 2. The second-order valence-electron chi connectivity index (χ2n) is 3.14. The molecule has 2 aromatic rings. The average Bonchev–Trinajstić information content (AvgIpc) is 2.29. The highest BCUT2D eigenvalue weighted by atomic mass is 16.4. The fourth-order valence-corrected chi connectivity index (χ4v) is 1.38. The zero-order valence-corrected chi connectivity index (χ0v) is 8.29. The lowest BCUT2D eigenvalue weighted by Gasteiger charge is -2.02. The zero-order valence-electron chi connectivity index (χ0n) is 8.29. The van der Waals surface area contributed by atoms with E-state index in [1.165, 1.54) is 0 Å². The van der Waals surface area contributed by atoms with Gasteiger partial charge in [-0.3, -0.25) is 9.78 Å². The number of carbonyl (C=O) groups is 1. The lowest BCUT2D eigenvalue weighted by molar-refractivity contribution is -0.110. The summed E-state index contributed by atoms with van der Waals surface area (Å²) in [5.41, 5.74) is 1.49. The third kappa shape index (κ3) is 2.14. The Kier molecular flexibility index (Phi) is 2.77. The lowest BCUT2D eigenvalue weighted by atomic mass is 10.2. The van der Waals surface area contributed by atoms with Gasteiger partial charge in [0.05, 0.1) is 5.52 Å². The quantitative estimate of drug-likeness (QED) is 0.454. The summed E-state index contributed by atoms with van der Waals surface area (Å²) in [5, 5.41) is 14.3. The molecule has 80 valence electrons. The van der Waals surface area contributed by atoms with Crippen LogP contribution in [0.15, 0.2) is 41.7 Å². The molecule has 0 saturated heterocycles. The summed E-state index contributed by atoms with van der Waals surface area (Å²) in [5.74, 6) is -0.481. The van der Waals surface area contributed by atoms with Crippen LogP contribution in [0.5, 0.6) is 0 Å². The third-order valence-electron chi connectivity index (χ3n) is 2.05. The van der Waals surface area contributed by atoms with E-state index in [1.807, 2.05) is 12.1 Å². The Morgan fingerprint density at radius 1 is 1.44 bits per heavy atom. The number of benzene rings is 1. The first-order valence-electron chi connectivity index (χ1n) is 4.63. The van der Waals surface area contributed by atoms with Gasteiger partial charge >= 0.3 is 0 Å². The maximum atomic E-state index is 11.1. The first kappa shape index (κ1) is 10.1. The van der Waals surface area contributed by atoms with Gasteiger partial charge in [-0.05, 0) is 24.3 Å². The first-order valence-corrected chi connectivity index (χ1v) is 4.63. The number of rotatable bonds is 2. The van der Waals surface area contributed by atoms with E-state index >= 15 is 0 Å². The van der Waals surface area contributed by atoms with Gasteiger partial charge in [-0.2, -0.15) is 0 Å². The molecule has 0 aliphatic rings. The number of nitrogens with zero attached hydrogens (tertiary/aromatic N) is 2. The largest absolute Gasteiger partial charge is 0.411 e. The second kappa shape index (κ2) is 4.39. The molecule has 5 nitrogen and oxygen atoms in total. The van der Waals surface area contributed by atoms with Crippen LogP contribution >= 0.6 is 0 Å². The van der Waals surface area contributed by atoms with Crippen LogP contribution in [0.1, 0.15) is 0 Å². The van der Waals surface area contributed by atoms with Crippen molar-refractivity contribution in [3.63, 3.8) is 0 Å². The van der Waals surface area contributed by atoms with Crippen LogP contribution in [0.2, 0.25) is 0 Å². The summed E-state index contributed by atoms with van der Waals surface area (Å²) in [6.45, 7) is 0. The molecule has 1 aromatic heterocycles. The molecule has 0 fully saturated rings. The summed E-state index contributed by atoms with van der Waals surface area (Å²) in [6, 6.07) is 9.06. The Labute approximate surface area is 91.4 Å². The Morgan fingerprint density at radius 3 is 3.12 bits per heavy atom. The molecule has 0 aliphatic heterocycles.